The molecule has 0 bridgehead atoms. The normalized spacial score (nSPS) is 24.4. The predicted octanol–water partition coefficient (Wildman–Crippen LogP) is 2.10. The maximum absolute atomic E-state index is 11.8. The Balaban J connectivity index is 2.00. The first-order valence-electron chi connectivity index (χ1n) is 5.20. The summed E-state index contributed by atoms with van der Waals surface area (Å²) in [7, 11) is 0. The SMILES string of the molecule is CC1CC(C(=O)Nc2cccnc2Cl)CO1. The Morgan fingerprint density at radius 3 is 3.12 bits per heavy atom. The van der Waals surface area contributed by atoms with Crippen LogP contribution < -0.4 is 5.32 Å². The lowest BCUT2D eigenvalue weighted by atomic mass is 10.1. The number of carbonyl (C=O) groups is 1. The molecule has 86 valence electrons. The van der Waals surface area contributed by atoms with Crippen LogP contribution in [0.5, 0.6) is 0 Å². The molecular formula is C11H13ClN2O2. The molecule has 0 saturated carbocycles. The van der Waals surface area contributed by atoms with Crippen molar-refractivity contribution in [1.29, 1.82) is 0 Å². The summed E-state index contributed by atoms with van der Waals surface area (Å²) in [4.78, 5) is 15.7. The van der Waals surface area contributed by atoms with Gasteiger partial charge in [0, 0.05) is 6.20 Å². The molecule has 1 aliphatic heterocycles. The molecule has 0 radical (unpaired) electrons. The predicted molar refractivity (Wildman–Crippen MR) is 61.4 cm³/mol. The van der Waals surface area contributed by atoms with Gasteiger partial charge in [0.2, 0.25) is 5.91 Å². The van der Waals surface area contributed by atoms with Crippen molar-refractivity contribution in [1.82, 2.24) is 4.98 Å². The zero-order chi connectivity index (χ0) is 11.5. The topological polar surface area (TPSA) is 51.2 Å². The minimum absolute atomic E-state index is 0.0562. The third-order valence-electron chi connectivity index (χ3n) is 2.59. The first-order chi connectivity index (χ1) is 7.66. The third kappa shape index (κ3) is 2.51. The number of halogens is 1. The summed E-state index contributed by atoms with van der Waals surface area (Å²) in [6.45, 7) is 2.44. The standard InChI is InChI=1S/C11H13ClN2O2/c1-7-5-8(6-16-7)11(15)14-9-3-2-4-13-10(9)12/h2-4,7-8H,5-6H2,1H3,(H,14,15). The largest absolute Gasteiger partial charge is 0.378 e. The van der Waals surface area contributed by atoms with E-state index in [0.29, 0.717) is 17.4 Å². The Hall–Kier alpha value is -1.13. The quantitative estimate of drug-likeness (QED) is 0.806. The van der Waals surface area contributed by atoms with Crippen LogP contribution in [0.4, 0.5) is 5.69 Å². The third-order valence-corrected chi connectivity index (χ3v) is 2.89. The Kier molecular flexibility index (Phi) is 3.41. The summed E-state index contributed by atoms with van der Waals surface area (Å²) >= 11 is 5.85. The van der Waals surface area contributed by atoms with E-state index in [1.54, 1.807) is 18.3 Å². The highest BCUT2D eigenvalue weighted by Gasteiger charge is 2.28. The van der Waals surface area contributed by atoms with E-state index in [2.05, 4.69) is 10.3 Å². The molecule has 0 aromatic carbocycles. The van der Waals surface area contributed by atoms with Crippen LogP contribution in [0, 0.1) is 5.92 Å². The number of aromatic nitrogens is 1. The molecule has 1 aromatic heterocycles. The number of nitrogens with zero attached hydrogens (tertiary/aromatic N) is 1. The second kappa shape index (κ2) is 4.80. The fourth-order valence-electron chi connectivity index (χ4n) is 1.71. The van der Waals surface area contributed by atoms with Gasteiger partial charge >= 0.3 is 0 Å². The Labute approximate surface area is 99.0 Å². The summed E-state index contributed by atoms with van der Waals surface area (Å²) in [6, 6.07) is 3.46. The molecular weight excluding hydrogens is 228 g/mol. The number of nitrogens with one attached hydrogen (secondary N) is 1. The first kappa shape index (κ1) is 11.4. The molecule has 0 aliphatic carbocycles. The second-order valence-corrected chi connectivity index (χ2v) is 4.27. The highest BCUT2D eigenvalue weighted by molar-refractivity contribution is 6.32. The van der Waals surface area contributed by atoms with E-state index < -0.39 is 0 Å². The van der Waals surface area contributed by atoms with Crippen molar-refractivity contribution in [2.45, 2.75) is 19.4 Å². The van der Waals surface area contributed by atoms with Crippen LogP contribution in [0.15, 0.2) is 18.3 Å². The lowest BCUT2D eigenvalue weighted by Gasteiger charge is -2.09. The molecule has 2 unspecified atom stereocenters. The molecule has 0 spiro atoms. The van der Waals surface area contributed by atoms with E-state index in [-0.39, 0.29) is 17.9 Å². The van der Waals surface area contributed by atoms with Gasteiger partial charge in [-0.05, 0) is 25.5 Å². The van der Waals surface area contributed by atoms with Crippen molar-refractivity contribution in [3.63, 3.8) is 0 Å². The van der Waals surface area contributed by atoms with Crippen molar-refractivity contribution in [2.24, 2.45) is 5.92 Å². The maximum atomic E-state index is 11.8. The average molecular weight is 241 g/mol. The van der Waals surface area contributed by atoms with Crippen LogP contribution in [-0.4, -0.2) is 23.6 Å². The molecule has 1 aliphatic rings. The minimum Gasteiger partial charge on any atom is -0.378 e. The molecule has 2 heterocycles. The molecule has 2 rings (SSSR count). The second-order valence-electron chi connectivity index (χ2n) is 3.91. The van der Waals surface area contributed by atoms with E-state index in [4.69, 9.17) is 16.3 Å². The van der Waals surface area contributed by atoms with Gasteiger partial charge in [-0.25, -0.2) is 4.98 Å². The average Bonchev–Trinajstić information content (AvgIpc) is 2.68. The Bertz CT molecular complexity index is 397. The van der Waals surface area contributed by atoms with Gasteiger partial charge in [-0.1, -0.05) is 11.6 Å². The molecule has 1 N–H and O–H groups in total. The molecule has 4 nitrogen and oxygen atoms in total. The molecule has 2 atom stereocenters. The first-order valence-corrected chi connectivity index (χ1v) is 5.57. The number of hydrogen-bond donors (Lipinski definition) is 1. The molecule has 1 fully saturated rings. The zero-order valence-corrected chi connectivity index (χ0v) is 9.70. The molecule has 5 heteroatoms. The number of amides is 1. The van der Waals surface area contributed by atoms with E-state index in [0.717, 1.165) is 6.42 Å². The highest BCUT2D eigenvalue weighted by Crippen LogP contribution is 2.23. The summed E-state index contributed by atoms with van der Waals surface area (Å²) in [5, 5.41) is 3.07. The van der Waals surface area contributed by atoms with Gasteiger partial charge in [0.25, 0.3) is 0 Å². The van der Waals surface area contributed by atoms with Crippen molar-refractivity contribution in [2.75, 3.05) is 11.9 Å². The number of anilines is 1. The van der Waals surface area contributed by atoms with Crippen molar-refractivity contribution >= 4 is 23.2 Å². The van der Waals surface area contributed by atoms with E-state index in [9.17, 15) is 4.79 Å². The zero-order valence-electron chi connectivity index (χ0n) is 8.94. The number of ether oxygens (including phenoxy) is 1. The van der Waals surface area contributed by atoms with Crippen LogP contribution in [0.1, 0.15) is 13.3 Å². The number of pyridine rings is 1. The van der Waals surface area contributed by atoms with E-state index in [1.807, 2.05) is 6.92 Å². The summed E-state index contributed by atoms with van der Waals surface area (Å²) < 4.78 is 5.35. The number of hydrogen-bond acceptors (Lipinski definition) is 3. The van der Waals surface area contributed by atoms with Gasteiger partial charge in [0.05, 0.1) is 24.3 Å². The van der Waals surface area contributed by atoms with Gasteiger partial charge in [-0.2, -0.15) is 0 Å². The molecule has 16 heavy (non-hydrogen) atoms. The van der Waals surface area contributed by atoms with Crippen LogP contribution in [0.25, 0.3) is 0 Å². The van der Waals surface area contributed by atoms with Gasteiger partial charge < -0.3 is 10.1 Å². The van der Waals surface area contributed by atoms with Crippen LogP contribution in [-0.2, 0) is 9.53 Å². The van der Waals surface area contributed by atoms with Crippen molar-refractivity contribution in [3.05, 3.63) is 23.5 Å². The minimum atomic E-state index is -0.0914. The lowest BCUT2D eigenvalue weighted by Crippen LogP contribution is -2.23. The fraction of sp³-hybridized carbons (Fsp3) is 0.455. The van der Waals surface area contributed by atoms with Crippen LogP contribution in [0.3, 0.4) is 0 Å². The Morgan fingerprint density at radius 1 is 1.69 bits per heavy atom. The summed E-state index contributed by atoms with van der Waals surface area (Å²) in [6.07, 6.45) is 2.49. The van der Waals surface area contributed by atoms with Gasteiger partial charge in [0.15, 0.2) is 5.15 Å². The number of carbonyl (C=O) groups excluding carboxylic acids is 1. The summed E-state index contributed by atoms with van der Waals surface area (Å²) in [5.41, 5.74) is 0.550. The number of rotatable bonds is 2. The van der Waals surface area contributed by atoms with E-state index in [1.165, 1.54) is 0 Å². The van der Waals surface area contributed by atoms with Gasteiger partial charge in [-0.15, -0.1) is 0 Å². The van der Waals surface area contributed by atoms with Gasteiger partial charge in [-0.3, -0.25) is 4.79 Å². The fourth-order valence-corrected chi connectivity index (χ4v) is 1.88. The highest BCUT2D eigenvalue weighted by atomic mass is 35.5. The van der Waals surface area contributed by atoms with Crippen molar-refractivity contribution < 1.29 is 9.53 Å². The summed E-state index contributed by atoms with van der Waals surface area (Å²) in [5.74, 6) is -0.148. The van der Waals surface area contributed by atoms with Crippen LogP contribution >= 0.6 is 11.6 Å². The van der Waals surface area contributed by atoms with Crippen molar-refractivity contribution in [3.8, 4) is 0 Å². The van der Waals surface area contributed by atoms with Gasteiger partial charge in [0.1, 0.15) is 0 Å². The van der Waals surface area contributed by atoms with Crippen LogP contribution in [0.2, 0.25) is 5.15 Å². The Morgan fingerprint density at radius 2 is 2.50 bits per heavy atom. The molecule has 1 aromatic rings. The smallest absolute Gasteiger partial charge is 0.229 e. The monoisotopic (exact) mass is 240 g/mol. The van der Waals surface area contributed by atoms with E-state index >= 15 is 0 Å². The molecule has 1 amide bonds. The molecule has 1 saturated heterocycles. The maximum Gasteiger partial charge on any atom is 0.229 e. The lowest BCUT2D eigenvalue weighted by molar-refractivity contribution is -0.119.